The lowest BCUT2D eigenvalue weighted by Gasteiger charge is -2.28. The summed E-state index contributed by atoms with van der Waals surface area (Å²) < 4.78 is 10.7. The molecule has 3 aromatic rings. The van der Waals surface area contributed by atoms with Gasteiger partial charge in [-0.15, -0.1) is 0 Å². The molecule has 7 heteroatoms. The Balaban J connectivity index is 1.51. The maximum absolute atomic E-state index is 13.6. The molecule has 0 atom stereocenters. The number of aromatic amines is 1. The van der Waals surface area contributed by atoms with Crippen molar-refractivity contribution >= 4 is 22.7 Å². The van der Waals surface area contributed by atoms with Gasteiger partial charge in [-0.3, -0.25) is 9.59 Å². The minimum absolute atomic E-state index is 0.0536. The van der Waals surface area contributed by atoms with Gasteiger partial charge in [-0.05, 0) is 43.4 Å². The average Bonchev–Trinajstić information content (AvgIpc) is 3.66. The highest BCUT2D eigenvalue weighted by Crippen LogP contribution is 2.31. The minimum atomic E-state index is -0.0536. The molecule has 0 bridgehead atoms. The van der Waals surface area contributed by atoms with Crippen LogP contribution in [-0.4, -0.2) is 67.1 Å². The van der Waals surface area contributed by atoms with Crippen LogP contribution in [0, 0.1) is 5.92 Å². The summed E-state index contributed by atoms with van der Waals surface area (Å²) in [7, 11) is 3.29. The molecule has 1 N–H and O–H groups in total. The summed E-state index contributed by atoms with van der Waals surface area (Å²) in [6, 6.07) is 16.0. The second-order valence-corrected chi connectivity index (χ2v) is 9.12. The number of rotatable bonds is 13. The Kier molecular flexibility index (Phi) is 8.42. The third-order valence-corrected chi connectivity index (χ3v) is 6.57. The predicted molar refractivity (Wildman–Crippen MR) is 136 cm³/mol. The lowest BCUT2D eigenvalue weighted by molar-refractivity contribution is -0.141. The van der Waals surface area contributed by atoms with E-state index in [0.29, 0.717) is 39.1 Å². The number of hydrogen-bond donors (Lipinski definition) is 1. The summed E-state index contributed by atoms with van der Waals surface area (Å²) in [4.78, 5) is 33.4. The molecule has 1 heterocycles. The van der Waals surface area contributed by atoms with Crippen LogP contribution in [0.2, 0.25) is 0 Å². The molecule has 1 saturated carbocycles. The normalized spacial score (nSPS) is 13.1. The van der Waals surface area contributed by atoms with Crippen LogP contribution >= 0.6 is 0 Å². The van der Waals surface area contributed by atoms with Gasteiger partial charge in [0, 0.05) is 61.9 Å². The van der Waals surface area contributed by atoms with Crippen LogP contribution in [0.1, 0.15) is 30.4 Å². The molecule has 1 aliphatic rings. The first-order valence-corrected chi connectivity index (χ1v) is 12.3. The fourth-order valence-electron chi connectivity index (χ4n) is 4.44. The minimum Gasteiger partial charge on any atom is -0.496 e. The molecule has 0 saturated heterocycles. The van der Waals surface area contributed by atoms with Crippen molar-refractivity contribution < 1.29 is 19.1 Å². The van der Waals surface area contributed by atoms with Gasteiger partial charge in [-0.25, -0.2) is 0 Å². The zero-order valence-corrected chi connectivity index (χ0v) is 20.7. The van der Waals surface area contributed by atoms with Gasteiger partial charge < -0.3 is 24.3 Å². The molecule has 2 aromatic carbocycles. The van der Waals surface area contributed by atoms with Crippen molar-refractivity contribution in [2.75, 3.05) is 40.5 Å². The molecule has 1 fully saturated rings. The van der Waals surface area contributed by atoms with E-state index in [1.165, 1.54) is 10.9 Å². The number of ether oxygens (including phenoxy) is 2. The van der Waals surface area contributed by atoms with E-state index in [9.17, 15) is 9.59 Å². The highest BCUT2D eigenvalue weighted by atomic mass is 16.5. The van der Waals surface area contributed by atoms with E-state index in [4.69, 9.17) is 9.47 Å². The number of para-hydroxylation sites is 2. The lowest BCUT2D eigenvalue weighted by atomic mass is 10.1. The van der Waals surface area contributed by atoms with Gasteiger partial charge in [0.2, 0.25) is 11.8 Å². The Bertz CT molecular complexity index is 1140. The number of H-pyrrole nitrogens is 1. The number of aromatic nitrogens is 1. The van der Waals surface area contributed by atoms with Gasteiger partial charge in [-0.1, -0.05) is 36.4 Å². The summed E-state index contributed by atoms with van der Waals surface area (Å²) in [6.45, 7) is 2.15. The van der Waals surface area contributed by atoms with Gasteiger partial charge in [0.25, 0.3) is 0 Å². The van der Waals surface area contributed by atoms with E-state index in [0.717, 1.165) is 29.7 Å². The number of fused-ring (bicyclic) bond motifs is 1. The Hall–Kier alpha value is -3.32. The summed E-state index contributed by atoms with van der Waals surface area (Å²) in [5.74, 6) is 0.855. The predicted octanol–water partition coefficient (Wildman–Crippen LogP) is 4.02. The number of amides is 2. The van der Waals surface area contributed by atoms with E-state index in [1.807, 2.05) is 47.5 Å². The number of nitrogens with zero attached hydrogens (tertiary/aromatic N) is 2. The van der Waals surface area contributed by atoms with Gasteiger partial charge in [0.05, 0.1) is 13.7 Å². The first-order valence-electron chi connectivity index (χ1n) is 12.3. The van der Waals surface area contributed by atoms with Crippen LogP contribution in [0.4, 0.5) is 0 Å². The Labute approximate surface area is 207 Å². The summed E-state index contributed by atoms with van der Waals surface area (Å²) in [6.07, 6.45) is 5.28. The Morgan fingerprint density at radius 2 is 1.74 bits per heavy atom. The van der Waals surface area contributed by atoms with E-state index < -0.39 is 0 Å². The average molecular weight is 478 g/mol. The largest absolute Gasteiger partial charge is 0.496 e. The molecule has 1 aliphatic carbocycles. The smallest absolute Gasteiger partial charge is 0.242 e. The number of hydrogen-bond acceptors (Lipinski definition) is 4. The van der Waals surface area contributed by atoms with E-state index in [2.05, 4.69) is 17.1 Å². The van der Waals surface area contributed by atoms with Gasteiger partial charge in [0.1, 0.15) is 5.75 Å². The standard InChI is InChI=1S/C28H35N3O4/c1-34-17-7-15-31(28(33)21-12-13-21)20-27(32)30(19-23-8-3-6-11-26(23)35-2)16-14-22-18-29-25-10-5-4-9-24(22)25/h3-6,8-11,18,21,29H,7,12-17,19-20H2,1-2H3. The summed E-state index contributed by atoms with van der Waals surface area (Å²) >= 11 is 0. The van der Waals surface area contributed by atoms with Crippen LogP contribution < -0.4 is 4.74 Å². The van der Waals surface area contributed by atoms with Crippen LogP contribution in [0.25, 0.3) is 10.9 Å². The zero-order valence-electron chi connectivity index (χ0n) is 20.7. The first-order chi connectivity index (χ1) is 17.1. The molecular weight excluding hydrogens is 442 g/mol. The molecule has 4 rings (SSSR count). The second-order valence-electron chi connectivity index (χ2n) is 9.12. The number of nitrogens with one attached hydrogen (secondary N) is 1. The maximum Gasteiger partial charge on any atom is 0.242 e. The SMILES string of the molecule is COCCCN(CC(=O)N(CCc1c[nH]c2ccccc12)Cc1ccccc1OC)C(=O)C1CC1. The van der Waals surface area contributed by atoms with Crippen LogP contribution in [0.15, 0.2) is 54.7 Å². The molecule has 0 radical (unpaired) electrons. The van der Waals surface area contributed by atoms with Crippen molar-refractivity contribution in [1.82, 2.24) is 14.8 Å². The first kappa shape index (κ1) is 24.8. The van der Waals surface area contributed by atoms with Crippen LogP contribution in [0.3, 0.4) is 0 Å². The van der Waals surface area contributed by atoms with Crippen LogP contribution in [0.5, 0.6) is 5.75 Å². The third-order valence-electron chi connectivity index (χ3n) is 6.57. The van der Waals surface area contributed by atoms with Gasteiger partial charge in [0.15, 0.2) is 0 Å². The highest BCUT2D eigenvalue weighted by Gasteiger charge is 2.34. The fraction of sp³-hybridized carbons (Fsp3) is 0.429. The zero-order chi connectivity index (χ0) is 24.6. The highest BCUT2D eigenvalue weighted by molar-refractivity contribution is 5.87. The monoisotopic (exact) mass is 477 g/mol. The van der Waals surface area contributed by atoms with E-state index in [-0.39, 0.29) is 24.3 Å². The summed E-state index contributed by atoms with van der Waals surface area (Å²) in [5, 5.41) is 1.17. The summed E-state index contributed by atoms with van der Waals surface area (Å²) in [5.41, 5.74) is 3.20. The van der Waals surface area contributed by atoms with E-state index in [1.54, 1.807) is 19.1 Å². The Morgan fingerprint density at radius 3 is 2.51 bits per heavy atom. The van der Waals surface area contributed by atoms with Crippen molar-refractivity contribution in [3.05, 3.63) is 65.9 Å². The molecule has 7 nitrogen and oxygen atoms in total. The van der Waals surface area contributed by atoms with Crippen molar-refractivity contribution in [3.8, 4) is 5.75 Å². The molecule has 35 heavy (non-hydrogen) atoms. The van der Waals surface area contributed by atoms with Crippen molar-refractivity contribution in [1.29, 1.82) is 0 Å². The van der Waals surface area contributed by atoms with Gasteiger partial charge >= 0.3 is 0 Å². The number of carbonyl (C=O) groups excluding carboxylic acids is 2. The number of benzene rings is 2. The maximum atomic E-state index is 13.6. The lowest BCUT2D eigenvalue weighted by Crippen LogP contribution is -2.44. The van der Waals surface area contributed by atoms with Crippen molar-refractivity contribution in [2.45, 2.75) is 32.2 Å². The number of carbonyl (C=O) groups is 2. The molecule has 2 amide bonds. The molecule has 186 valence electrons. The van der Waals surface area contributed by atoms with Crippen LogP contribution in [-0.2, 0) is 27.3 Å². The van der Waals surface area contributed by atoms with Crippen molar-refractivity contribution in [3.63, 3.8) is 0 Å². The molecular formula is C28H35N3O4. The topological polar surface area (TPSA) is 74.9 Å². The second kappa shape index (κ2) is 11.9. The molecule has 1 aromatic heterocycles. The van der Waals surface area contributed by atoms with E-state index >= 15 is 0 Å². The Morgan fingerprint density at radius 1 is 0.971 bits per heavy atom. The molecule has 0 aliphatic heterocycles. The number of methoxy groups -OCH3 is 2. The third kappa shape index (κ3) is 6.42. The quantitative estimate of drug-likeness (QED) is 0.377. The molecule has 0 spiro atoms. The fourth-order valence-corrected chi connectivity index (χ4v) is 4.44. The van der Waals surface area contributed by atoms with Crippen molar-refractivity contribution in [2.24, 2.45) is 5.92 Å². The van der Waals surface area contributed by atoms with Gasteiger partial charge in [-0.2, -0.15) is 0 Å². The molecule has 0 unspecified atom stereocenters.